The lowest BCUT2D eigenvalue weighted by atomic mass is 9.97. The van der Waals surface area contributed by atoms with Crippen molar-refractivity contribution in [3.8, 4) is 23.7 Å². The monoisotopic (exact) mass is 646 g/mol. The molecule has 0 atom stereocenters. The Kier molecular flexibility index (Phi) is 12.8. The number of hydrogen-bond donors (Lipinski definition) is 0. The Morgan fingerprint density at radius 2 is 1.12 bits per heavy atom. The molecule has 0 bridgehead atoms. The van der Waals surface area contributed by atoms with Gasteiger partial charge in [0.2, 0.25) is 0 Å². The summed E-state index contributed by atoms with van der Waals surface area (Å²) in [5.74, 6) is 13.6. The van der Waals surface area contributed by atoms with Crippen LogP contribution in [-0.4, -0.2) is 0 Å². The Morgan fingerprint density at radius 3 is 1.78 bits per heavy atom. The van der Waals surface area contributed by atoms with E-state index in [1.54, 1.807) is 6.08 Å². The van der Waals surface area contributed by atoms with Gasteiger partial charge in [-0.05, 0) is 112 Å². The van der Waals surface area contributed by atoms with Crippen molar-refractivity contribution in [2.45, 2.75) is 51.4 Å². The van der Waals surface area contributed by atoms with Crippen LogP contribution >= 0.6 is 0 Å². The highest BCUT2D eigenvalue weighted by atomic mass is 14.1. The van der Waals surface area contributed by atoms with Crippen LogP contribution in [0.3, 0.4) is 0 Å². The fourth-order valence-electron chi connectivity index (χ4n) is 5.93. The minimum atomic E-state index is 0.883. The molecule has 50 heavy (non-hydrogen) atoms. The number of rotatable bonds is 14. The summed E-state index contributed by atoms with van der Waals surface area (Å²) in [6.07, 6.45) is 17.2. The van der Waals surface area contributed by atoms with Crippen molar-refractivity contribution in [2.75, 3.05) is 0 Å². The lowest BCUT2D eigenvalue weighted by molar-refractivity contribution is 0.599. The quantitative estimate of drug-likeness (QED) is 0.0640. The maximum absolute atomic E-state index is 4.41. The normalized spacial score (nSPS) is 10.6. The Bertz CT molecular complexity index is 2190. The number of allylic oxidation sites excluding steroid dienone is 6. The molecule has 0 spiro atoms. The summed E-state index contributed by atoms with van der Waals surface area (Å²) in [6, 6.07) is 33.9. The third-order valence-electron chi connectivity index (χ3n) is 9.03. The van der Waals surface area contributed by atoms with Gasteiger partial charge in [0.1, 0.15) is 0 Å². The Morgan fingerprint density at radius 1 is 0.540 bits per heavy atom. The van der Waals surface area contributed by atoms with Gasteiger partial charge in [0.15, 0.2) is 0 Å². The molecule has 0 saturated heterocycles. The summed E-state index contributed by atoms with van der Waals surface area (Å²) < 4.78 is 0. The van der Waals surface area contributed by atoms with Crippen LogP contribution in [0, 0.1) is 23.7 Å². The number of fused-ring (bicyclic) bond motifs is 2. The van der Waals surface area contributed by atoms with Crippen molar-refractivity contribution in [3.05, 3.63) is 193 Å². The SMILES string of the molecule is C=CC(=C)/C=C/c1ccc(C#Cc2ccc(C#Cc3ccc4cc(C(=C)CCCCCCCCC(=C)C=C)ccc4c3)c3ccccc23)cc1. The van der Waals surface area contributed by atoms with Crippen molar-refractivity contribution in [1.29, 1.82) is 0 Å². The van der Waals surface area contributed by atoms with Gasteiger partial charge in [-0.1, -0.05) is 167 Å². The van der Waals surface area contributed by atoms with Gasteiger partial charge in [-0.25, -0.2) is 0 Å². The largest absolute Gasteiger partial charge is 0.0988 e. The van der Waals surface area contributed by atoms with E-state index in [4.69, 9.17) is 0 Å². The lowest BCUT2D eigenvalue weighted by Gasteiger charge is -2.08. The van der Waals surface area contributed by atoms with Crippen molar-refractivity contribution in [3.63, 3.8) is 0 Å². The van der Waals surface area contributed by atoms with Crippen LogP contribution in [0.4, 0.5) is 0 Å². The number of unbranched alkanes of at least 4 members (excludes halogenated alkanes) is 5. The molecule has 5 aromatic rings. The molecule has 0 aliphatic rings. The minimum absolute atomic E-state index is 0.883. The van der Waals surface area contributed by atoms with Gasteiger partial charge in [0.05, 0.1) is 0 Å². The molecule has 246 valence electrons. The van der Waals surface area contributed by atoms with Crippen LogP contribution in [0.2, 0.25) is 0 Å². The van der Waals surface area contributed by atoms with E-state index in [-0.39, 0.29) is 0 Å². The summed E-state index contributed by atoms with van der Waals surface area (Å²) in [7, 11) is 0. The molecule has 5 aromatic carbocycles. The van der Waals surface area contributed by atoms with E-state index in [0.29, 0.717) is 0 Å². The van der Waals surface area contributed by atoms with Crippen LogP contribution in [0.25, 0.3) is 33.2 Å². The molecule has 0 unspecified atom stereocenters. The highest BCUT2D eigenvalue weighted by Crippen LogP contribution is 2.26. The summed E-state index contributed by atoms with van der Waals surface area (Å²) in [5.41, 5.74) is 9.53. The van der Waals surface area contributed by atoms with Gasteiger partial charge < -0.3 is 0 Å². The van der Waals surface area contributed by atoms with Crippen molar-refractivity contribution in [1.82, 2.24) is 0 Å². The van der Waals surface area contributed by atoms with E-state index in [9.17, 15) is 0 Å². The van der Waals surface area contributed by atoms with Gasteiger partial charge in [-0.15, -0.1) is 0 Å². The van der Waals surface area contributed by atoms with Gasteiger partial charge in [0, 0.05) is 22.3 Å². The molecule has 0 heteroatoms. The first-order chi connectivity index (χ1) is 24.4. The van der Waals surface area contributed by atoms with Crippen LogP contribution in [0.15, 0.2) is 159 Å². The maximum Gasteiger partial charge on any atom is 0.0328 e. The second-order valence-corrected chi connectivity index (χ2v) is 12.8. The second-order valence-electron chi connectivity index (χ2n) is 12.8. The first kappa shape index (κ1) is 35.5. The summed E-state index contributed by atoms with van der Waals surface area (Å²) in [5, 5.41) is 4.61. The molecule has 0 nitrogen and oxygen atoms in total. The topological polar surface area (TPSA) is 0 Å². The molecule has 0 aliphatic heterocycles. The van der Waals surface area contributed by atoms with Crippen LogP contribution in [-0.2, 0) is 0 Å². The highest BCUT2D eigenvalue weighted by Gasteiger charge is 2.05. The Balaban J connectivity index is 1.22. The molecule has 0 radical (unpaired) electrons. The smallest absolute Gasteiger partial charge is 0.0328 e. The van der Waals surface area contributed by atoms with E-state index >= 15 is 0 Å². The van der Waals surface area contributed by atoms with Gasteiger partial charge in [-0.2, -0.15) is 0 Å². The molecule has 0 heterocycles. The highest BCUT2D eigenvalue weighted by molar-refractivity contribution is 5.93. The fraction of sp³-hybridized carbons (Fsp3) is 0.160. The Hall–Kier alpha value is -5.82. The molecule has 0 N–H and O–H groups in total. The third-order valence-corrected chi connectivity index (χ3v) is 9.03. The van der Waals surface area contributed by atoms with Crippen LogP contribution in [0.1, 0.15) is 84.7 Å². The number of benzene rings is 5. The average molecular weight is 647 g/mol. The van der Waals surface area contributed by atoms with E-state index in [1.807, 2.05) is 30.4 Å². The van der Waals surface area contributed by atoms with E-state index in [1.165, 1.54) is 60.4 Å². The first-order valence-corrected chi connectivity index (χ1v) is 17.6. The average Bonchev–Trinajstić information content (AvgIpc) is 3.16. The summed E-state index contributed by atoms with van der Waals surface area (Å²) in [6.45, 7) is 19.9. The molecule has 0 fully saturated rings. The maximum atomic E-state index is 4.41. The fourth-order valence-corrected chi connectivity index (χ4v) is 5.93. The third kappa shape index (κ3) is 10.1. The van der Waals surface area contributed by atoms with E-state index in [2.05, 4.69) is 142 Å². The zero-order valence-electron chi connectivity index (χ0n) is 29.2. The van der Waals surface area contributed by atoms with Crippen LogP contribution in [0.5, 0.6) is 0 Å². The zero-order chi connectivity index (χ0) is 35.1. The zero-order valence-corrected chi connectivity index (χ0v) is 29.2. The van der Waals surface area contributed by atoms with E-state index < -0.39 is 0 Å². The predicted molar refractivity (Wildman–Crippen MR) is 220 cm³/mol. The minimum Gasteiger partial charge on any atom is -0.0988 e. The molecular formula is C50H46. The van der Waals surface area contributed by atoms with Gasteiger partial charge in [-0.3, -0.25) is 0 Å². The first-order valence-electron chi connectivity index (χ1n) is 17.6. The molecular weight excluding hydrogens is 601 g/mol. The molecule has 0 saturated carbocycles. The second kappa shape index (κ2) is 18.1. The van der Waals surface area contributed by atoms with Crippen molar-refractivity contribution >= 4 is 33.2 Å². The molecule has 0 aliphatic carbocycles. The number of hydrogen-bond acceptors (Lipinski definition) is 0. The van der Waals surface area contributed by atoms with Gasteiger partial charge >= 0.3 is 0 Å². The standard InChI is InChI=1S/C50H46/c1-6-38(3)16-12-10-8-9-11-13-17-40(5)46-34-35-47-36-43(28-31-48(47)37-46)27-30-45-33-32-44(49-18-14-15-19-50(45)49)29-26-42-24-22-41(23-25-42)21-20-39(4)7-2/h6-7,14-15,18-25,28,31-37H,1-5,8-13,16-17H2/b21-20+. The molecule has 5 rings (SSSR count). The summed E-state index contributed by atoms with van der Waals surface area (Å²) in [4.78, 5) is 0. The van der Waals surface area contributed by atoms with Crippen LogP contribution < -0.4 is 0 Å². The van der Waals surface area contributed by atoms with E-state index in [0.717, 1.165) is 62.6 Å². The van der Waals surface area contributed by atoms with Crippen molar-refractivity contribution < 1.29 is 0 Å². The van der Waals surface area contributed by atoms with Crippen molar-refractivity contribution in [2.24, 2.45) is 0 Å². The summed E-state index contributed by atoms with van der Waals surface area (Å²) >= 11 is 0. The predicted octanol–water partition coefficient (Wildman–Crippen LogP) is 13.4. The Labute approximate surface area is 300 Å². The molecule has 0 amide bonds. The molecule has 0 aromatic heterocycles. The van der Waals surface area contributed by atoms with Gasteiger partial charge in [0.25, 0.3) is 0 Å². The lowest BCUT2D eigenvalue weighted by Crippen LogP contribution is -1.87.